The van der Waals surface area contributed by atoms with Gasteiger partial charge >= 0.3 is 0 Å². The second kappa shape index (κ2) is 11.1. The van der Waals surface area contributed by atoms with Crippen LogP contribution in [-0.4, -0.2) is 75.9 Å². The number of hydrogen-bond donors (Lipinski definition) is 2. The molecule has 0 atom stereocenters. The summed E-state index contributed by atoms with van der Waals surface area (Å²) in [7, 11) is -5.50. The highest BCUT2D eigenvalue weighted by atomic mass is 32.2. The first kappa shape index (κ1) is 26.9. The van der Waals surface area contributed by atoms with Gasteiger partial charge in [0, 0.05) is 32.4 Å². The van der Waals surface area contributed by atoms with Crippen LogP contribution in [0.2, 0.25) is 0 Å². The van der Waals surface area contributed by atoms with Gasteiger partial charge in [-0.05, 0) is 49.2 Å². The molecule has 14 heteroatoms. The van der Waals surface area contributed by atoms with Crippen LogP contribution in [0.5, 0.6) is 0 Å². The van der Waals surface area contributed by atoms with Crippen LogP contribution in [0.4, 0.5) is 5.69 Å². The highest BCUT2D eigenvalue weighted by molar-refractivity contribution is 7.94. The Hall–Kier alpha value is -3.17. The number of benzene rings is 1. The fourth-order valence-corrected chi connectivity index (χ4v) is 7.07. The van der Waals surface area contributed by atoms with Crippen molar-refractivity contribution in [1.82, 2.24) is 19.6 Å². The number of piperazine rings is 1. The molecule has 0 bridgehead atoms. The summed E-state index contributed by atoms with van der Waals surface area (Å²) >= 11 is 1.05. The summed E-state index contributed by atoms with van der Waals surface area (Å²) < 4.78 is 54.9. The van der Waals surface area contributed by atoms with E-state index in [1.54, 1.807) is 30.5 Å². The number of carbonyl (C=O) groups is 1. The van der Waals surface area contributed by atoms with Gasteiger partial charge in [-0.15, -0.1) is 11.3 Å². The van der Waals surface area contributed by atoms with Gasteiger partial charge in [0.25, 0.3) is 15.9 Å². The number of sulfonamides is 2. The number of hydrogen-bond acceptors (Lipinski definition) is 9. The van der Waals surface area contributed by atoms with E-state index in [1.807, 2.05) is 7.05 Å². The van der Waals surface area contributed by atoms with Gasteiger partial charge in [-0.1, -0.05) is 18.2 Å². The van der Waals surface area contributed by atoms with Gasteiger partial charge in [-0.3, -0.25) is 14.5 Å². The van der Waals surface area contributed by atoms with E-state index < -0.39 is 26.0 Å². The lowest BCUT2D eigenvalue weighted by molar-refractivity contribution is 0.0955. The van der Waals surface area contributed by atoms with Crippen LogP contribution in [0.15, 0.2) is 74.4 Å². The lowest BCUT2D eigenvalue weighted by atomic mass is 10.1. The van der Waals surface area contributed by atoms with Crippen molar-refractivity contribution >= 4 is 48.7 Å². The minimum Gasteiger partial charge on any atom is -0.304 e. The number of hydrazone groups is 1. The summed E-state index contributed by atoms with van der Waals surface area (Å²) in [5.41, 5.74) is 3.53. The van der Waals surface area contributed by atoms with Crippen molar-refractivity contribution in [2.75, 3.05) is 37.9 Å². The molecule has 0 saturated carbocycles. The van der Waals surface area contributed by atoms with E-state index in [0.29, 0.717) is 37.5 Å². The Morgan fingerprint density at radius 1 is 1.03 bits per heavy atom. The van der Waals surface area contributed by atoms with Crippen molar-refractivity contribution < 1.29 is 21.6 Å². The number of amides is 1. The average molecular weight is 563 g/mol. The number of rotatable bonds is 8. The lowest BCUT2D eigenvalue weighted by Crippen LogP contribution is -2.46. The van der Waals surface area contributed by atoms with E-state index in [1.165, 1.54) is 41.0 Å². The van der Waals surface area contributed by atoms with E-state index in [4.69, 9.17) is 0 Å². The third kappa shape index (κ3) is 6.22. The molecule has 0 radical (unpaired) electrons. The molecule has 1 amide bonds. The minimum atomic E-state index is -3.87. The molecule has 2 N–H and O–H groups in total. The van der Waals surface area contributed by atoms with E-state index in [9.17, 15) is 21.6 Å². The highest BCUT2D eigenvalue weighted by Gasteiger charge is 2.27. The van der Waals surface area contributed by atoms with E-state index in [-0.39, 0.29) is 20.4 Å². The van der Waals surface area contributed by atoms with Gasteiger partial charge in [-0.25, -0.2) is 22.3 Å². The fourth-order valence-electron chi connectivity index (χ4n) is 3.59. The Balaban J connectivity index is 1.45. The normalized spacial score (nSPS) is 15.9. The summed E-state index contributed by atoms with van der Waals surface area (Å²) in [6, 6.07) is 10.7. The van der Waals surface area contributed by atoms with Crippen molar-refractivity contribution in [2.45, 2.75) is 16.0 Å². The molecule has 0 spiro atoms. The van der Waals surface area contributed by atoms with Gasteiger partial charge in [0.2, 0.25) is 10.0 Å². The van der Waals surface area contributed by atoms with E-state index in [2.05, 4.69) is 25.1 Å². The molecule has 1 aliphatic rings. The Labute approximate surface area is 219 Å². The van der Waals surface area contributed by atoms with Crippen molar-refractivity contribution in [3.05, 3.63) is 71.4 Å². The molecule has 196 valence electrons. The van der Waals surface area contributed by atoms with E-state index in [0.717, 1.165) is 11.3 Å². The number of nitrogens with zero attached hydrogens (tertiary/aromatic N) is 4. The van der Waals surface area contributed by atoms with E-state index >= 15 is 0 Å². The molecule has 3 aromatic rings. The van der Waals surface area contributed by atoms with Crippen molar-refractivity contribution in [3.63, 3.8) is 0 Å². The average Bonchev–Trinajstić information content (AvgIpc) is 3.44. The molecule has 1 saturated heterocycles. The predicted octanol–water partition coefficient (Wildman–Crippen LogP) is 2.03. The zero-order chi connectivity index (χ0) is 26.6. The molecule has 1 aromatic carbocycles. The summed E-state index contributed by atoms with van der Waals surface area (Å²) in [4.78, 5) is 19.0. The molecule has 2 aromatic heterocycles. The minimum absolute atomic E-state index is 0.0136. The van der Waals surface area contributed by atoms with Gasteiger partial charge in [0.05, 0.1) is 28.1 Å². The zero-order valence-electron chi connectivity index (χ0n) is 20.2. The summed E-state index contributed by atoms with van der Waals surface area (Å²) in [5, 5.41) is 5.74. The van der Waals surface area contributed by atoms with Crippen LogP contribution in [0, 0.1) is 0 Å². The van der Waals surface area contributed by atoms with Crippen molar-refractivity contribution in [2.24, 2.45) is 5.10 Å². The molecule has 4 rings (SSSR count). The molecular formula is C23H26N6O5S3. The quantitative estimate of drug-likeness (QED) is 0.316. The van der Waals surface area contributed by atoms with Crippen LogP contribution >= 0.6 is 11.3 Å². The predicted molar refractivity (Wildman–Crippen MR) is 142 cm³/mol. The van der Waals surface area contributed by atoms with Gasteiger partial charge < -0.3 is 4.90 Å². The molecule has 37 heavy (non-hydrogen) atoms. The SMILES string of the molecule is C/C(=N/NC(=O)c1ccncc1NS(=O)(=O)c1cccs1)c1ccc(S(=O)(=O)N2CCN(C)CC2)cc1. The molecule has 1 fully saturated rings. The monoisotopic (exact) mass is 562 g/mol. The number of anilines is 1. The second-order valence-corrected chi connectivity index (χ2v) is 13.1. The zero-order valence-corrected chi connectivity index (χ0v) is 22.6. The number of likely N-dealkylation sites (N-methyl/N-ethyl adjacent to an activating group) is 1. The molecule has 11 nitrogen and oxygen atoms in total. The molecular weight excluding hydrogens is 536 g/mol. The second-order valence-electron chi connectivity index (χ2n) is 8.33. The van der Waals surface area contributed by atoms with Crippen LogP contribution in [0.3, 0.4) is 0 Å². The summed E-state index contributed by atoms with van der Waals surface area (Å²) in [5.74, 6) is -0.639. The van der Waals surface area contributed by atoms with Crippen molar-refractivity contribution in [1.29, 1.82) is 0 Å². The van der Waals surface area contributed by atoms with Crippen LogP contribution in [-0.2, 0) is 20.0 Å². The molecule has 0 aliphatic carbocycles. The fraction of sp³-hybridized carbons (Fsp3) is 0.261. The standard InChI is InChI=1S/C23H26N6O5S3/c1-17(18-5-7-19(8-6-18)37(33,34)29-13-11-28(2)12-14-29)25-26-23(30)20-9-10-24-16-21(20)27-36(31,32)22-4-3-15-35-22/h3-10,15-16,27H,11-14H2,1-2H3,(H,26,30)/b25-17-. The largest absolute Gasteiger partial charge is 0.304 e. The first-order valence-electron chi connectivity index (χ1n) is 11.2. The maximum atomic E-state index is 12.9. The Kier molecular flexibility index (Phi) is 8.04. The Bertz CT molecular complexity index is 1500. The number of thiophene rings is 1. The maximum absolute atomic E-state index is 12.9. The summed E-state index contributed by atoms with van der Waals surface area (Å²) in [6.45, 7) is 3.90. The Morgan fingerprint density at radius 3 is 2.38 bits per heavy atom. The molecule has 3 heterocycles. The third-order valence-electron chi connectivity index (χ3n) is 5.77. The first-order valence-corrected chi connectivity index (χ1v) is 15.0. The first-order chi connectivity index (χ1) is 17.6. The topological polar surface area (TPSA) is 141 Å². The Morgan fingerprint density at radius 2 is 1.73 bits per heavy atom. The van der Waals surface area contributed by atoms with Crippen LogP contribution < -0.4 is 10.1 Å². The summed E-state index contributed by atoms with van der Waals surface area (Å²) in [6.07, 6.45) is 2.62. The van der Waals surface area contributed by atoms with Gasteiger partial charge in [0.1, 0.15) is 4.21 Å². The van der Waals surface area contributed by atoms with Crippen molar-refractivity contribution in [3.8, 4) is 0 Å². The lowest BCUT2D eigenvalue weighted by Gasteiger charge is -2.31. The molecule has 0 unspecified atom stereocenters. The maximum Gasteiger partial charge on any atom is 0.273 e. The number of nitrogens with one attached hydrogen (secondary N) is 2. The number of pyridine rings is 1. The molecule has 1 aliphatic heterocycles. The number of carbonyl (C=O) groups excluding carboxylic acids is 1. The highest BCUT2D eigenvalue weighted by Crippen LogP contribution is 2.22. The van der Waals surface area contributed by atoms with Gasteiger partial charge in [-0.2, -0.15) is 9.41 Å². The van der Waals surface area contributed by atoms with Crippen LogP contribution in [0.25, 0.3) is 0 Å². The number of aromatic nitrogens is 1. The third-order valence-corrected chi connectivity index (χ3v) is 10.4. The van der Waals surface area contributed by atoms with Gasteiger partial charge in [0.15, 0.2) is 0 Å². The smallest absolute Gasteiger partial charge is 0.273 e. The van der Waals surface area contributed by atoms with Crippen LogP contribution in [0.1, 0.15) is 22.8 Å².